The van der Waals surface area contributed by atoms with E-state index >= 15 is 0 Å². The van der Waals surface area contributed by atoms with Crippen LogP contribution in [0.4, 0.5) is 10.8 Å². The third kappa shape index (κ3) is 1.89. The van der Waals surface area contributed by atoms with Crippen LogP contribution in [-0.2, 0) is 9.84 Å². The maximum atomic E-state index is 12.4. The van der Waals surface area contributed by atoms with Gasteiger partial charge in [-0.25, -0.2) is 8.42 Å². The number of hydrogen-bond donors (Lipinski definition) is 1. The van der Waals surface area contributed by atoms with Gasteiger partial charge in [-0.3, -0.25) is 0 Å². The Morgan fingerprint density at radius 2 is 2.11 bits per heavy atom. The first-order valence-electron chi connectivity index (χ1n) is 6.24. The van der Waals surface area contributed by atoms with Crippen LogP contribution in [0.15, 0.2) is 4.90 Å². The fourth-order valence-corrected chi connectivity index (χ4v) is 5.48. The first-order valence-corrected chi connectivity index (χ1v) is 8.56. The Morgan fingerprint density at radius 3 is 2.67 bits per heavy atom. The van der Waals surface area contributed by atoms with E-state index < -0.39 is 9.84 Å². The number of nitrogens with zero attached hydrogens (tertiary/aromatic N) is 2. The normalized spacial score (nSPS) is 24.7. The van der Waals surface area contributed by atoms with Gasteiger partial charge in [0.05, 0.1) is 5.25 Å². The third-order valence-corrected chi connectivity index (χ3v) is 6.99. The van der Waals surface area contributed by atoms with Crippen LogP contribution in [0.25, 0.3) is 0 Å². The van der Waals surface area contributed by atoms with Gasteiger partial charge in [-0.1, -0.05) is 6.92 Å². The molecule has 3 rings (SSSR count). The van der Waals surface area contributed by atoms with Crippen molar-refractivity contribution in [2.24, 2.45) is 5.92 Å². The number of nitrogens with two attached hydrogens (primary N) is 1. The van der Waals surface area contributed by atoms with E-state index in [0.717, 1.165) is 37.4 Å². The van der Waals surface area contributed by atoms with Gasteiger partial charge in [0.15, 0.2) is 15.7 Å². The lowest BCUT2D eigenvalue weighted by atomic mass is 10.2. The van der Waals surface area contributed by atoms with E-state index in [2.05, 4.69) is 16.2 Å². The van der Waals surface area contributed by atoms with Gasteiger partial charge in [0.1, 0.15) is 9.90 Å². The Morgan fingerprint density at radius 1 is 1.39 bits per heavy atom. The number of hydrogen-bond acceptors (Lipinski definition) is 6. The van der Waals surface area contributed by atoms with Crippen molar-refractivity contribution in [3.8, 4) is 0 Å². The molecule has 7 heteroatoms. The molecule has 0 bridgehead atoms. The third-order valence-electron chi connectivity index (χ3n) is 3.62. The van der Waals surface area contributed by atoms with Crippen LogP contribution in [0.3, 0.4) is 0 Å². The van der Waals surface area contributed by atoms with E-state index in [-0.39, 0.29) is 11.1 Å². The molecule has 1 aliphatic carbocycles. The highest BCUT2D eigenvalue weighted by atomic mass is 32.2. The van der Waals surface area contributed by atoms with Crippen molar-refractivity contribution in [1.82, 2.24) is 4.37 Å². The van der Waals surface area contributed by atoms with Crippen LogP contribution < -0.4 is 10.6 Å². The number of aromatic nitrogens is 1. The summed E-state index contributed by atoms with van der Waals surface area (Å²) in [5, 5.41) is 0.527. The van der Waals surface area contributed by atoms with Gasteiger partial charge < -0.3 is 10.6 Å². The Bertz CT molecular complexity index is 563. The SMILES string of the molecule is CC1CCN(c2snc(N)c2S(=O)(=O)C2CC2)C1. The van der Waals surface area contributed by atoms with E-state index in [1.165, 1.54) is 11.5 Å². The van der Waals surface area contributed by atoms with Gasteiger partial charge in [-0.05, 0) is 36.7 Å². The van der Waals surface area contributed by atoms with E-state index in [4.69, 9.17) is 5.73 Å². The lowest BCUT2D eigenvalue weighted by Gasteiger charge is -2.17. The maximum Gasteiger partial charge on any atom is 0.187 e. The average Bonchev–Trinajstić information content (AvgIpc) is 2.98. The Balaban J connectivity index is 2.01. The standard InChI is InChI=1S/C11H17N3O2S2/c1-7-4-5-14(6-7)11-9(10(12)13-17-11)18(15,16)8-2-3-8/h7-8H,2-6H2,1H3,(H2,12,13). The van der Waals surface area contributed by atoms with Crippen LogP contribution in [-0.4, -0.2) is 31.1 Å². The molecule has 18 heavy (non-hydrogen) atoms. The molecule has 1 saturated heterocycles. The lowest BCUT2D eigenvalue weighted by molar-refractivity contribution is 0.595. The maximum absolute atomic E-state index is 12.4. The number of rotatable bonds is 3. The summed E-state index contributed by atoms with van der Waals surface area (Å²) in [5.41, 5.74) is 5.79. The average molecular weight is 287 g/mol. The molecular weight excluding hydrogens is 270 g/mol. The highest BCUT2D eigenvalue weighted by molar-refractivity contribution is 7.92. The van der Waals surface area contributed by atoms with Crippen molar-refractivity contribution in [3.05, 3.63) is 0 Å². The van der Waals surface area contributed by atoms with Crippen molar-refractivity contribution in [1.29, 1.82) is 0 Å². The molecule has 0 amide bonds. The molecule has 0 radical (unpaired) electrons. The summed E-state index contributed by atoms with van der Waals surface area (Å²) in [4.78, 5) is 2.41. The van der Waals surface area contributed by atoms with Crippen LogP contribution >= 0.6 is 11.5 Å². The van der Waals surface area contributed by atoms with Crippen LogP contribution in [0.2, 0.25) is 0 Å². The molecule has 2 fully saturated rings. The van der Waals surface area contributed by atoms with Gasteiger partial charge >= 0.3 is 0 Å². The molecule has 2 heterocycles. The molecule has 1 aromatic heterocycles. The summed E-state index contributed by atoms with van der Waals surface area (Å²) < 4.78 is 28.9. The molecule has 5 nitrogen and oxygen atoms in total. The fraction of sp³-hybridized carbons (Fsp3) is 0.727. The van der Waals surface area contributed by atoms with Crippen LogP contribution in [0.5, 0.6) is 0 Å². The molecule has 2 aliphatic rings. The molecule has 1 unspecified atom stereocenters. The molecule has 100 valence electrons. The van der Waals surface area contributed by atoms with Gasteiger partial charge in [0.25, 0.3) is 0 Å². The quantitative estimate of drug-likeness (QED) is 0.912. The molecule has 0 aromatic carbocycles. The largest absolute Gasteiger partial charge is 0.382 e. The van der Waals surface area contributed by atoms with Crippen LogP contribution in [0.1, 0.15) is 26.2 Å². The molecule has 1 aliphatic heterocycles. The summed E-state index contributed by atoms with van der Waals surface area (Å²) in [5.74, 6) is 0.784. The molecule has 2 N–H and O–H groups in total. The molecule has 1 saturated carbocycles. The van der Waals surface area contributed by atoms with Crippen molar-refractivity contribution in [2.45, 2.75) is 36.3 Å². The van der Waals surface area contributed by atoms with E-state index in [0.29, 0.717) is 10.8 Å². The minimum Gasteiger partial charge on any atom is -0.382 e. The van der Waals surface area contributed by atoms with E-state index in [9.17, 15) is 8.42 Å². The molecular formula is C11H17N3O2S2. The predicted octanol–water partition coefficient (Wildman–Crippen LogP) is 1.51. The lowest BCUT2D eigenvalue weighted by Crippen LogP contribution is -2.21. The fourth-order valence-electron chi connectivity index (χ4n) is 2.42. The number of anilines is 2. The molecule has 0 spiro atoms. The summed E-state index contributed by atoms with van der Waals surface area (Å²) in [7, 11) is -3.26. The number of sulfone groups is 1. The predicted molar refractivity (Wildman–Crippen MR) is 72.7 cm³/mol. The second kappa shape index (κ2) is 4.09. The molecule has 1 atom stereocenters. The van der Waals surface area contributed by atoms with E-state index in [1.54, 1.807) is 0 Å². The highest BCUT2D eigenvalue weighted by Crippen LogP contribution is 2.43. The minimum atomic E-state index is -3.26. The van der Waals surface area contributed by atoms with Crippen molar-refractivity contribution < 1.29 is 8.42 Å². The summed E-state index contributed by atoms with van der Waals surface area (Å²) in [6.07, 6.45) is 2.61. The van der Waals surface area contributed by atoms with Gasteiger partial charge in [-0.15, -0.1) is 0 Å². The minimum absolute atomic E-state index is 0.182. The topological polar surface area (TPSA) is 76.3 Å². The first kappa shape index (κ1) is 12.2. The number of nitrogen functional groups attached to an aromatic ring is 1. The summed E-state index contributed by atoms with van der Waals surface area (Å²) in [6.45, 7) is 3.98. The van der Waals surface area contributed by atoms with Crippen molar-refractivity contribution >= 4 is 32.2 Å². The first-order chi connectivity index (χ1) is 8.50. The second-order valence-corrected chi connectivity index (χ2v) is 8.20. The van der Waals surface area contributed by atoms with Crippen LogP contribution in [0, 0.1) is 5.92 Å². The van der Waals surface area contributed by atoms with Crippen molar-refractivity contribution in [2.75, 3.05) is 23.7 Å². The van der Waals surface area contributed by atoms with E-state index in [1.807, 2.05) is 0 Å². The molecule has 1 aromatic rings. The zero-order valence-corrected chi connectivity index (χ0v) is 11.9. The highest BCUT2D eigenvalue weighted by Gasteiger charge is 2.42. The Labute approximate surface area is 111 Å². The zero-order valence-electron chi connectivity index (χ0n) is 10.3. The zero-order chi connectivity index (χ0) is 12.9. The summed E-state index contributed by atoms with van der Waals surface area (Å²) in [6, 6.07) is 0. The van der Waals surface area contributed by atoms with Crippen molar-refractivity contribution in [3.63, 3.8) is 0 Å². The Hall–Kier alpha value is -0.820. The Kier molecular flexibility index (Phi) is 2.78. The second-order valence-electron chi connectivity index (χ2n) is 5.29. The summed E-state index contributed by atoms with van der Waals surface area (Å²) >= 11 is 1.22. The van der Waals surface area contributed by atoms with Gasteiger partial charge in [-0.2, -0.15) is 4.37 Å². The smallest absolute Gasteiger partial charge is 0.187 e. The monoisotopic (exact) mass is 287 g/mol. The van der Waals surface area contributed by atoms with Gasteiger partial charge in [0.2, 0.25) is 0 Å². The van der Waals surface area contributed by atoms with Gasteiger partial charge in [0, 0.05) is 13.1 Å².